The van der Waals surface area contributed by atoms with Crippen LogP contribution in [-0.2, 0) is 14.2 Å². The van der Waals surface area contributed by atoms with Crippen LogP contribution in [0.3, 0.4) is 0 Å². The third kappa shape index (κ3) is 3.66. The van der Waals surface area contributed by atoms with E-state index in [1.54, 1.807) is 0 Å². The number of aliphatic hydroxyl groups is 6. The van der Waals surface area contributed by atoms with Crippen molar-refractivity contribution in [3.63, 3.8) is 0 Å². The highest BCUT2D eigenvalue weighted by Crippen LogP contribution is 2.66. The maximum Gasteiger partial charge on any atom is 0.186 e. The molecule has 2 bridgehead atoms. The number of ether oxygens (including phenoxy) is 3. The van der Waals surface area contributed by atoms with Gasteiger partial charge in [-0.05, 0) is 42.4 Å². The Bertz CT molecular complexity index is 659. The summed E-state index contributed by atoms with van der Waals surface area (Å²) in [5.41, 5.74) is -1.64. The van der Waals surface area contributed by atoms with Crippen LogP contribution in [-0.4, -0.2) is 99.0 Å². The summed E-state index contributed by atoms with van der Waals surface area (Å²) in [6.07, 6.45) is -3.61. The summed E-state index contributed by atoms with van der Waals surface area (Å²) >= 11 is 0. The number of hydrogen-bond acceptors (Lipinski definition) is 9. The molecule has 3 saturated carbocycles. The van der Waals surface area contributed by atoms with Crippen LogP contribution in [0.4, 0.5) is 0 Å². The molecule has 180 valence electrons. The summed E-state index contributed by atoms with van der Waals surface area (Å²) in [6.45, 7) is 5.80. The maximum absolute atomic E-state index is 10.6. The predicted octanol–water partition coefficient (Wildman–Crippen LogP) is -0.854. The summed E-state index contributed by atoms with van der Waals surface area (Å²) in [4.78, 5) is 0. The van der Waals surface area contributed by atoms with Crippen molar-refractivity contribution in [1.82, 2.24) is 0 Å². The van der Waals surface area contributed by atoms with Crippen LogP contribution in [0, 0.1) is 22.7 Å². The lowest BCUT2D eigenvalue weighted by Gasteiger charge is -2.45. The first kappa shape index (κ1) is 23.8. The quantitative estimate of drug-likeness (QED) is 0.307. The third-order valence-electron chi connectivity index (χ3n) is 9.21. The zero-order valence-corrected chi connectivity index (χ0v) is 18.6. The summed E-state index contributed by atoms with van der Waals surface area (Å²) in [5.74, 6) is 0.0191. The molecule has 9 nitrogen and oxygen atoms in total. The average molecular weight is 447 g/mol. The first-order valence-electron chi connectivity index (χ1n) is 11.4. The van der Waals surface area contributed by atoms with Crippen molar-refractivity contribution in [2.45, 2.75) is 95.0 Å². The van der Waals surface area contributed by atoms with E-state index in [9.17, 15) is 30.6 Å². The van der Waals surface area contributed by atoms with E-state index < -0.39 is 54.9 Å². The molecule has 4 fully saturated rings. The molecule has 0 radical (unpaired) electrons. The zero-order valence-electron chi connectivity index (χ0n) is 18.6. The molecule has 4 rings (SSSR count). The SMILES string of the molecule is CC1(C)[C@@H]2CC[C@@]1(C)C(O[C@H]1CC(COC3OC[C@@](O)(CO)[C@@H]3O)[C@H](O)C(O)[C@@H]1O)C2. The number of rotatable bonds is 6. The lowest BCUT2D eigenvalue weighted by molar-refractivity contribution is -0.221. The minimum atomic E-state index is -1.79. The molecule has 0 spiro atoms. The van der Waals surface area contributed by atoms with E-state index in [2.05, 4.69) is 20.8 Å². The minimum absolute atomic E-state index is 0.000940. The molecule has 0 amide bonds. The molecule has 4 aliphatic rings. The van der Waals surface area contributed by atoms with E-state index in [1.807, 2.05) is 0 Å². The molecule has 31 heavy (non-hydrogen) atoms. The lowest BCUT2D eigenvalue weighted by atomic mass is 9.70. The van der Waals surface area contributed by atoms with Crippen LogP contribution in [0.2, 0.25) is 0 Å². The van der Waals surface area contributed by atoms with Crippen LogP contribution in [0.25, 0.3) is 0 Å². The van der Waals surface area contributed by atoms with Crippen molar-refractivity contribution in [1.29, 1.82) is 0 Å². The Morgan fingerprint density at radius 2 is 1.71 bits per heavy atom. The second-order valence-corrected chi connectivity index (χ2v) is 11.0. The Morgan fingerprint density at radius 1 is 1.00 bits per heavy atom. The molecule has 1 heterocycles. The number of fused-ring (bicyclic) bond motifs is 2. The van der Waals surface area contributed by atoms with Gasteiger partial charge in [0.25, 0.3) is 0 Å². The van der Waals surface area contributed by atoms with E-state index >= 15 is 0 Å². The Hall–Kier alpha value is -0.360. The van der Waals surface area contributed by atoms with Crippen molar-refractivity contribution in [3.05, 3.63) is 0 Å². The van der Waals surface area contributed by atoms with Crippen LogP contribution in [0.5, 0.6) is 0 Å². The van der Waals surface area contributed by atoms with Gasteiger partial charge in [-0.25, -0.2) is 0 Å². The molecule has 0 aromatic carbocycles. The van der Waals surface area contributed by atoms with Crippen LogP contribution in [0.1, 0.15) is 46.5 Å². The Balaban J connectivity index is 1.39. The largest absolute Gasteiger partial charge is 0.393 e. The second-order valence-electron chi connectivity index (χ2n) is 11.0. The van der Waals surface area contributed by atoms with Crippen molar-refractivity contribution < 1.29 is 44.8 Å². The van der Waals surface area contributed by atoms with Gasteiger partial charge in [-0.2, -0.15) is 0 Å². The first-order chi connectivity index (χ1) is 14.4. The fourth-order valence-corrected chi connectivity index (χ4v) is 6.28. The summed E-state index contributed by atoms with van der Waals surface area (Å²) in [6, 6.07) is 0. The second kappa shape index (κ2) is 8.14. The predicted molar refractivity (Wildman–Crippen MR) is 108 cm³/mol. The van der Waals surface area contributed by atoms with Gasteiger partial charge < -0.3 is 44.8 Å². The maximum atomic E-state index is 10.6. The molecule has 1 saturated heterocycles. The topological polar surface area (TPSA) is 149 Å². The van der Waals surface area contributed by atoms with E-state index in [0.29, 0.717) is 5.92 Å². The van der Waals surface area contributed by atoms with E-state index in [1.165, 1.54) is 6.42 Å². The van der Waals surface area contributed by atoms with E-state index in [-0.39, 0.29) is 36.6 Å². The highest BCUT2D eigenvalue weighted by molar-refractivity contribution is 5.11. The van der Waals surface area contributed by atoms with Gasteiger partial charge in [0.05, 0.1) is 38.1 Å². The van der Waals surface area contributed by atoms with E-state index in [4.69, 9.17) is 14.2 Å². The summed E-state index contributed by atoms with van der Waals surface area (Å²) in [5, 5.41) is 61.0. The zero-order chi connectivity index (χ0) is 22.8. The third-order valence-corrected chi connectivity index (χ3v) is 9.21. The fraction of sp³-hybridized carbons (Fsp3) is 1.00. The van der Waals surface area contributed by atoms with Gasteiger partial charge in [0.1, 0.15) is 23.9 Å². The van der Waals surface area contributed by atoms with E-state index in [0.717, 1.165) is 12.8 Å². The summed E-state index contributed by atoms with van der Waals surface area (Å²) in [7, 11) is 0. The molecule has 0 aromatic rings. The monoisotopic (exact) mass is 446 g/mol. The summed E-state index contributed by atoms with van der Waals surface area (Å²) < 4.78 is 17.2. The van der Waals surface area contributed by atoms with Gasteiger partial charge in [-0.1, -0.05) is 20.8 Å². The molecule has 6 N–H and O–H groups in total. The molecule has 3 aliphatic carbocycles. The molecule has 4 unspecified atom stereocenters. The Kier molecular flexibility index (Phi) is 6.25. The number of hydrogen-bond donors (Lipinski definition) is 6. The van der Waals surface area contributed by atoms with Crippen molar-refractivity contribution >= 4 is 0 Å². The highest BCUT2D eigenvalue weighted by atomic mass is 16.7. The van der Waals surface area contributed by atoms with Crippen LogP contribution < -0.4 is 0 Å². The molecule has 0 aromatic heterocycles. The minimum Gasteiger partial charge on any atom is -0.393 e. The molecular formula is C22H38O9. The van der Waals surface area contributed by atoms with Gasteiger partial charge >= 0.3 is 0 Å². The van der Waals surface area contributed by atoms with Gasteiger partial charge in [-0.3, -0.25) is 0 Å². The molecular weight excluding hydrogens is 408 g/mol. The van der Waals surface area contributed by atoms with Gasteiger partial charge in [0.2, 0.25) is 0 Å². The van der Waals surface area contributed by atoms with Crippen molar-refractivity contribution in [2.75, 3.05) is 19.8 Å². The smallest absolute Gasteiger partial charge is 0.186 e. The first-order valence-corrected chi connectivity index (χ1v) is 11.4. The standard InChI is InChI=1S/C22H38O9/c1-20(2)12-4-5-21(20,3)14(7-12)31-13-6-11(15(24)17(26)16(13)25)8-29-19-18(27)22(28,9-23)10-30-19/h11-19,23-28H,4-10H2,1-3H3/t11?,12-,13+,14?,15+,16-,17?,18-,19?,21+,22+/m1/s1. The van der Waals surface area contributed by atoms with Gasteiger partial charge in [-0.15, -0.1) is 0 Å². The number of aliphatic hydroxyl groups excluding tert-OH is 5. The lowest BCUT2D eigenvalue weighted by Crippen LogP contribution is -2.57. The Morgan fingerprint density at radius 3 is 2.26 bits per heavy atom. The van der Waals surface area contributed by atoms with Gasteiger partial charge in [0.15, 0.2) is 6.29 Å². The Labute approximate surface area is 182 Å². The van der Waals surface area contributed by atoms with Gasteiger partial charge in [0, 0.05) is 5.92 Å². The normalized spacial score (nSPS) is 53.9. The van der Waals surface area contributed by atoms with Crippen LogP contribution >= 0.6 is 0 Å². The van der Waals surface area contributed by atoms with Crippen molar-refractivity contribution in [3.8, 4) is 0 Å². The highest BCUT2D eigenvalue weighted by Gasteiger charge is 2.62. The molecule has 11 atom stereocenters. The fourth-order valence-electron chi connectivity index (χ4n) is 6.28. The van der Waals surface area contributed by atoms with Crippen molar-refractivity contribution in [2.24, 2.45) is 22.7 Å². The van der Waals surface area contributed by atoms with Crippen LogP contribution in [0.15, 0.2) is 0 Å². The molecule has 1 aliphatic heterocycles. The molecule has 9 heteroatoms. The average Bonchev–Trinajstić information content (AvgIpc) is 3.22.